The van der Waals surface area contributed by atoms with Crippen molar-refractivity contribution in [1.29, 1.82) is 0 Å². The van der Waals surface area contributed by atoms with Crippen LogP contribution in [0.1, 0.15) is 0 Å². The molecule has 218 valence electrons. The maximum Gasteiger partial charge on any atom is 0.0701 e. The first-order valence-corrected chi connectivity index (χ1v) is 16.1. The quantitative estimate of drug-likeness (QED) is 0.185. The van der Waals surface area contributed by atoms with E-state index in [1.54, 1.807) is 0 Å². The first-order valence-electron chi connectivity index (χ1n) is 16.1. The van der Waals surface area contributed by atoms with Crippen LogP contribution in [0, 0.1) is 0 Å². The van der Waals surface area contributed by atoms with Crippen LogP contribution in [0.2, 0.25) is 0 Å². The molecule has 2 heterocycles. The van der Waals surface area contributed by atoms with E-state index in [9.17, 15) is 0 Å². The van der Waals surface area contributed by atoms with Crippen LogP contribution < -0.4 is 0 Å². The van der Waals surface area contributed by atoms with Gasteiger partial charge >= 0.3 is 0 Å². The summed E-state index contributed by atoms with van der Waals surface area (Å²) in [5.41, 5.74) is 10.7. The summed E-state index contributed by atoms with van der Waals surface area (Å²) in [6.45, 7) is 0. The van der Waals surface area contributed by atoms with Gasteiger partial charge in [0, 0.05) is 28.2 Å². The van der Waals surface area contributed by atoms with Crippen LogP contribution in [0.5, 0.6) is 0 Å². The molecule has 10 rings (SSSR count). The van der Waals surface area contributed by atoms with Gasteiger partial charge in [0.15, 0.2) is 0 Å². The summed E-state index contributed by atoms with van der Waals surface area (Å²) in [6, 6.07) is 59.6. The van der Waals surface area contributed by atoms with Crippen LogP contribution >= 0.6 is 0 Å². The first kappa shape index (κ1) is 26.0. The molecule has 0 unspecified atom stereocenters. The van der Waals surface area contributed by atoms with Crippen molar-refractivity contribution in [2.75, 3.05) is 0 Å². The van der Waals surface area contributed by atoms with Crippen molar-refractivity contribution in [3.8, 4) is 39.2 Å². The van der Waals surface area contributed by atoms with Crippen molar-refractivity contribution >= 4 is 54.1 Å². The molecule has 0 amide bonds. The summed E-state index contributed by atoms with van der Waals surface area (Å²) in [6.07, 6.45) is 1.85. The van der Waals surface area contributed by atoms with Crippen molar-refractivity contribution in [1.82, 2.24) is 9.55 Å². The molecule has 2 heteroatoms. The zero-order valence-electron chi connectivity index (χ0n) is 25.6. The van der Waals surface area contributed by atoms with Gasteiger partial charge in [0.2, 0.25) is 0 Å². The Labute approximate surface area is 272 Å². The molecule has 0 saturated heterocycles. The van der Waals surface area contributed by atoms with Crippen LogP contribution in [0.3, 0.4) is 0 Å². The number of fused-ring (bicyclic) bond motifs is 3. The second-order valence-electron chi connectivity index (χ2n) is 12.4. The minimum Gasteiger partial charge on any atom is -0.309 e. The molecule has 0 N–H and O–H groups in total. The van der Waals surface area contributed by atoms with E-state index in [2.05, 4.69) is 161 Å². The lowest BCUT2D eigenvalue weighted by molar-refractivity contribution is 1.18. The van der Waals surface area contributed by atoms with E-state index in [1.807, 2.05) is 18.3 Å². The summed E-state index contributed by atoms with van der Waals surface area (Å²) in [5, 5.41) is 10.3. The highest BCUT2D eigenvalue weighted by Crippen LogP contribution is 2.43. The maximum absolute atomic E-state index is 4.53. The molecule has 0 fully saturated rings. The molecule has 2 aromatic heterocycles. The number of rotatable bonds is 4. The van der Waals surface area contributed by atoms with Crippen LogP contribution in [0.25, 0.3) is 93.3 Å². The average Bonchev–Trinajstić information content (AvgIpc) is 3.49. The van der Waals surface area contributed by atoms with Gasteiger partial charge in [-0.05, 0) is 91.0 Å². The normalized spacial score (nSPS) is 11.8. The third-order valence-electron chi connectivity index (χ3n) is 9.84. The Balaban J connectivity index is 1.10. The summed E-state index contributed by atoms with van der Waals surface area (Å²) >= 11 is 0. The smallest absolute Gasteiger partial charge is 0.0701 e. The molecule has 0 aliphatic rings. The number of hydrogen-bond donors (Lipinski definition) is 0. The second kappa shape index (κ2) is 10.1. The van der Waals surface area contributed by atoms with Gasteiger partial charge in [0.05, 0.1) is 16.7 Å². The highest BCUT2D eigenvalue weighted by Gasteiger charge is 2.16. The third kappa shape index (κ3) is 3.95. The summed E-state index contributed by atoms with van der Waals surface area (Å²) in [7, 11) is 0. The molecule has 0 radical (unpaired) electrons. The Morgan fingerprint density at radius 2 is 0.851 bits per heavy atom. The van der Waals surface area contributed by atoms with Crippen LogP contribution in [-0.4, -0.2) is 9.55 Å². The van der Waals surface area contributed by atoms with Gasteiger partial charge in [-0.2, -0.15) is 0 Å². The van der Waals surface area contributed by atoms with Crippen LogP contribution in [-0.2, 0) is 0 Å². The number of para-hydroxylation sites is 2. The third-order valence-corrected chi connectivity index (χ3v) is 9.84. The van der Waals surface area contributed by atoms with Crippen LogP contribution in [0.4, 0.5) is 0 Å². The molecular weight excluding hydrogens is 569 g/mol. The van der Waals surface area contributed by atoms with E-state index in [1.165, 1.54) is 82.1 Å². The number of nitrogens with zero attached hydrogens (tertiary/aromatic N) is 2. The largest absolute Gasteiger partial charge is 0.309 e. The summed E-state index contributed by atoms with van der Waals surface area (Å²) in [5.74, 6) is 0. The molecular formula is C45H28N2. The molecule has 0 bridgehead atoms. The van der Waals surface area contributed by atoms with Gasteiger partial charge in [-0.1, -0.05) is 127 Å². The van der Waals surface area contributed by atoms with Crippen molar-refractivity contribution in [3.63, 3.8) is 0 Å². The summed E-state index contributed by atoms with van der Waals surface area (Å²) in [4.78, 5) is 4.53. The highest BCUT2D eigenvalue weighted by molar-refractivity contribution is 6.27. The van der Waals surface area contributed by atoms with Gasteiger partial charge < -0.3 is 4.57 Å². The number of aromatic nitrogens is 2. The zero-order chi connectivity index (χ0) is 30.9. The van der Waals surface area contributed by atoms with E-state index < -0.39 is 0 Å². The van der Waals surface area contributed by atoms with Gasteiger partial charge in [0.25, 0.3) is 0 Å². The summed E-state index contributed by atoms with van der Waals surface area (Å²) < 4.78 is 2.38. The SMILES string of the molecule is c1ccc(-c2ccc(-c3ccc4ccc5c(-c6ccc(-n7c8ccccc8c8ccccc87)cc6)ccc6ccc3c4c65)cc2)nc1. The molecule has 8 aromatic carbocycles. The number of pyridine rings is 1. The Morgan fingerprint density at radius 1 is 0.362 bits per heavy atom. The van der Waals surface area contributed by atoms with Gasteiger partial charge in [0.1, 0.15) is 0 Å². The topological polar surface area (TPSA) is 17.8 Å². The van der Waals surface area contributed by atoms with E-state index in [4.69, 9.17) is 0 Å². The minimum absolute atomic E-state index is 0.991. The molecule has 10 aromatic rings. The monoisotopic (exact) mass is 596 g/mol. The number of benzene rings is 8. The fourth-order valence-corrected chi connectivity index (χ4v) is 7.65. The van der Waals surface area contributed by atoms with E-state index in [-0.39, 0.29) is 0 Å². The van der Waals surface area contributed by atoms with Gasteiger partial charge in [-0.3, -0.25) is 4.98 Å². The Bertz CT molecular complexity index is 2700. The lowest BCUT2D eigenvalue weighted by atomic mass is 9.87. The molecule has 0 aliphatic heterocycles. The van der Waals surface area contributed by atoms with Gasteiger partial charge in [-0.15, -0.1) is 0 Å². The minimum atomic E-state index is 0.991. The van der Waals surface area contributed by atoms with Crippen molar-refractivity contribution in [3.05, 3.63) is 170 Å². The van der Waals surface area contributed by atoms with Crippen molar-refractivity contribution in [2.24, 2.45) is 0 Å². The molecule has 47 heavy (non-hydrogen) atoms. The van der Waals surface area contributed by atoms with E-state index in [0.29, 0.717) is 0 Å². The van der Waals surface area contributed by atoms with Crippen molar-refractivity contribution in [2.45, 2.75) is 0 Å². The maximum atomic E-state index is 4.53. The van der Waals surface area contributed by atoms with Gasteiger partial charge in [-0.25, -0.2) is 0 Å². The van der Waals surface area contributed by atoms with E-state index >= 15 is 0 Å². The lowest BCUT2D eigenvalue weighted by Crippen LogP contribution is -1.94. The predicted octanol–water partition coefficient (Wildman–Crippen LogP) is 12.1. The Morgan fingerprint density at radius 3 is 1.40 bits per heavy atom. The molecule has 0 atom stereocenters. The molecule has 2 nitrogen and oxygen atoms in total. The first-order chi connectivity index (χ1) is 23.3. The van der Waals surface area contributed by atoms with Crippen LogP contribution in [0.15, 0.2) is 170 Å². The fraction of sp³-hybridized carbons (Fsp3) is 0. The Hall–Kier alpha value is -6.25. The fourth-order valence-electron chi connectivity index (χ4n) is 7.65. The van der Waals surface area contributed by atoms with Crippen molar-refractivity contribution < 1.29 is 0 Å². The molecule has 0 aliphatic carbocycles. The second-order valence-corrected chi connectivity index (χ2v) is 12.4. The molecule has 0 spiro atoms. The highest BCUT2D eigenvalue weighted by atomic mass is 15.0. The standard InChI is InChI=1S/C45H28N2/c1-3-10-42-37(7-1)38-8-2-4-11-43(38)47(42)34-22-16-30(17-23-34)36-25-19-33-20-26-39-35(24-18-32-21-27-40(36)45(33)44(32)39)29-12-14-31(15-13-29)41-9-5-6-28-46-41/h1-28H. The Kier molecular flexibility index (Phi) is 5.61. The zero-order valence-corrected chi connectivity index (χ0v) is 25.6. The number of hydrogen-bond acceptors (Lipinski definition) is 1. The predicted molar refractivity (Wildman–Crippen MR) is 199 cm³/mol. The molecule has 0 saturated carbocycles. The lowest BCUT2D eigenvalue weighted by Gasteiger charge is -2.17. The average molecular weight is 597 g/mol. The van der Waals surface area contributed by atoms with E-state index in [0.717, 1.165) is 11.3 Å².